The molecule has 0 saturated carbocycles. The molecule has 6 nitrogen and oxygen atoms in total. The van der Waals surface area contributed by atoms with Gasteiger partial charge in [0.25, 0.3) is 0 Å². The number of carbonyl (C=O) groups excluding carboxylic acids is 2. The van der Waals surface area contributed by atoms with Crippen LogP contribution in [0.1, 0.15) is 34.1 Å². The number of rotatable bonds is 4. The smallest absolute Gasteiger partial charge is 0.246 e. The average molecular weight is 304 g/mol. The lowest BCUT2D eigenvalue weighted by molar-refractivity contribution is -0.151. The van der Waals surface area contributed by atoms with Crippen LogP contribution in [-0.2, 0) is 19.4 Å². The van der Waals surface area contributed by atoms with Gasteiger partial charge in [-0.15, -0.1) is 0 Å². The van der Waals surface area contributed by atoms with Crippen molar-refractivity contribution in [2.75, 3.05) is 18.6 Å². The lowest BCUT2D eigenvalue weighted by Gasteiger charge is -2.42. The second kappa shape index (κ2) is 5.71. The number of nitrogens with one attached hydrogen (secondary N) is 1. The Morgan fingerprint density at radius 3 is 2.25 bits per heavy atom. The number of piperazine rings is 1. The molecule has 20 heavy (non-hydrogen) atoms. The van der Waals surface area contributed by atoms with Gasteiger partial charge in [-0.2, -0.15) is 0 Å². The van der Waals surface area contributed by atoms with Crippen LogP contribution in [0.4, 0.5) is 0 Å². The van der Waals surface area contributed by atoms with Crippen LogP contribution in [0.2, 0.25) is 0 Å². The van der Waals surface area contributed by atoms with E-state index in [1.807, 2.05) is 20.8 Å². The van der Waals surface area contributed by atoms with Crippen LogP contribution in [0.25, 0.3) is 0 Å². The Morgan fingerprint density at radius 2 is 1.80 bits per heavy atom. The fraction of sp³-hybridized carbons (Fsp3) is 0.846. The molecule has 2 unspecified atom stereocenters. The van der Waals surface area contributed by atoms with Crippen LogP contribution >= 0.6 is 0 Å². The number of sulfone groups is 1. The molecule has 0 aromatic heterocycles. The van der Waals surface area contributed by atoms with Gasteiger partial charge in [-0.1, -0.05) is 20.8 Å². The maximum absolute atomic E-state index is 12.4. The van der Waals surface area contributed by atoms with E-state index in [1.54, 1.807) is 6.92 Å². The molecule has 0 radical (unpaired) electrons. The first-order valence-electron chi connectivity index (χ1n) is 6.72. The fourth-order valence-electron chi connectivity index (χ4n) is 2.21. The third-order valence-corrected chi connectivity index (χ3v) is 4.47. The van der Waals surface area contributed by atoms with E-state index in [2.05, 4.69) is 5.32 Å². The molecule has 0 aliphatic carbocycles. The molecule has 0 bridgehead atoms. The molecule has 1 rings (SSSR count). The Kier molecular flexibility index (Phi) is 4.84. The summed E-state index contributed by atoms with van der Waals surface area (Å²) in [5.41, 5.74) is -0.373. The quantitative estimate of drug-likeness (QED) is 0.803. The highest BCUT2D eigenvalue weighted by atomic mass is 32.2. The molecule has 1 fully saturated rings. The lowest BCUT2D eigenvalue weighted by atomic mass is 9.84. The van der Waals surface area contributed by atoms with Gasteiger partial charge in [-0.25, -0.2) is 8.42 Å². The summed E-state index contributed by atoms with van der Waals surface area (Å²) in [5.74, 6) is -0.312. The summed E-state index contributed by atoms with van der Waals surface area (Å²) in [7, 11) is -3.05. The van der Waals surface area contributed by atoms with Gasteiger partial charge in [0.05, 0.1) is 5.75 Å². The molecular formula is C13H24N2O4S. The van der Waals surface area contributed by atoms with E-state index in [0.717, 1.165) is 0 Å². The maximum atomic E-state index is 12.4. The SMILES string of the molecule is CC1C(=O)NC(C(C)(C)C)C(=O)N1CCCS(C)(=O)=O. The van der Waals surface area contributed by atoms with Crippen LogP contribution in [-0.4, -0.2) is 55.8 Å². The Labute approximate surface area is 120 Å². The van der Waals surface area contributed by atoms with Gasteiger partial charge in [0.2, 0.25) is 11.8 Å². The minimum absolute atomic E-state index is 0.0192. The molecule has 1 aliphatic heterocycles. The van der Waals surface area contributed by atoms with Gasteiger partial charge in [0.1, 0.15) is 21.9 Å². The zero-order valence-corrected chi connectivity index (χ0v) is 13.6. The minimum Gasteiger partial charge on any atom is -0.342 e. The number of hydrogen-bond donors (Lipinski definition) is 1. The Morgan fingerprint density at radius 1 is 1.25 bits per heavy atom. The lowest BCUT2D eigenvalue weighted by Crippen LogP contribution is -2.65. The van der Waals surface area contributed by atoms with E-state index in [0.29, 0.717) is 6.42 Å². The molecule has 7 heteroatoms. The Balaban J connectivity index is 2.81. The van der Waals surface area contributed by atoms with Crippen molar-refractivity contribution in [1.82, 2.24) is 10.2 Å². The van der Waals surface area contributed by atoms with E-state index in [4.69, 9.17) is 0 Å². The summed E-state index contributed by atoms with van der Waals surface area (Å²) in [6, 6.07) is -1.12. The average Bonchev–Trinajstić information content (AvgIpc) is 2.25. The monoisotopic (exact) mass is 304 g/mol. The molecule has 1 heterocycles. The first kappa shape index (κ1) is 16.9. The predicted octanol–water partition coefficient (Wildman–Crippen LogP) is 0.183. The Hall–Kier alpha value is -1.11. The van der Waals surface area contributed by atoms with Crippen molar-refractivity contribution in [2.45, 2.75) is 46.2 Å². The molecule has 0 spiro atoms. The van der Waals surface area contributed by atoms with Gasteiger partial charge in [0.15, 0.2) is 0 Å². The number of hydrogen-bond acceptors (Lipinski definition) is 4. The third kappa shape index (κ3) is 4.19. The van der Waals surface area contributed by atoms with Gasteiger partial charge in [-0.3, -0.25) is 9.59 Å². The summed E-state index contributed by atoms with van der Waals surface area (Å²) in [6.07, 6.45) is 1.51. The van der Waals surface area contributed by atoms with E-state index in [1.165, 1.54) is 11.2 Å². The minimum atomic E-state index is -3.05. The van der Waals surface area contributed by atoms with Crippen LogP contribution in [0.5, 0.6) is 0 Å². The number of nitrogens with zero attached hydrogens (tertiary/aromatic N) is 1. The first-order valence-corrected chi connectivity index (χ1v) is 8.78. The highest BCUT2D eigenvalue weighted by Crippen LogP contribution is 2.25. The summed E-state index contributed by atoms with van der Waals surface area (Å²) < 4.78 is 22.3. The summed E-state index contributed by atoms with van der Waals surface area (Å²) >= 11 is 0. The van der Waals surface area contributed by atoms with Crippen molar-refractivity contribution in [3.05, 3.63) is 0 Å². The van der Waals surface area contributed by atoms with Gasteiger partial charge < -0.3 is 10.2 Å². The predicted molar refractivity (Wildman–Crippen MR) is 76.9 cm³/mol. The molecule has 2 atom stereocenters. The molecule has 1 saturated heterocycles. The molecular weight excluding hydrogens is 280 g/mol. The van der Waals surface area contributed by atoms with Crippen LogP contribution in [0.15, 0.2) is 0 Å². The zero-order valence-electron chi connectivity index (χ0n) is 12.8. The third-order valence-electron chi connectivity index (χ3n) is 3.44. The zero-order chi connectivity index (χ0) is 15.7. The van der Waals surface area contributed by atoms with Crippen molar-refractivity contribution in [1.29, 1.82) is 0 Å². The maximum Gasteiger partial charge on any atom is 0.246 e. The molecule has 0 aromatic rings. The van der Waals surface area contributed by atoms with E-state index < -0.39 is 21.9 Å². The summed E-state index contributed by atoms with van der Waals surface area (Å²) in [4.78, 5) is 25.9. The Bertz CT molecular complexity index is 493. The second-order valence-electron chi connectivity index (χ2n) is 6.50. The normalized spacial score (nSPS) is 24.8. The standard InChI is InChI=1S/C13H24N2O4S/c1-9-11(16)14-10(13(2,3)4)12(17)15(9)7-6-8-20(5,18)19/h9-10H,6-8H2,1-5H3,(H,14,16). The molecule has 2 amide bonds. The van der Waals surface area contributed by atoms with Crippen molar-refractivity contribution in [3.8, 4) is 0 Å². The van der Waals surface area contributed by atoms with Gasteiger partial charge >= 0.3 is 0 Å². The second-order valence-corrected chi connectivity index (χ2v) is 8.76. The van der Waals surface area contributed by atoms with Crippen molar-refractivity contribution >= 4 is 21.7 Å². The van der Waals surface area contributed by atoms with E-state index >= 15 is 0 Å². The highest BCUT2D eigenvalue weighted by Gasteiger charge is 2.43. The molecule has 0 aromatic carbocycles. The van der Waals surface area contributed by atoms with Crippen LogP contribution < -0.4 is 5.32 Å². The topological polar surface area (TPSA) is 83.6 Å². The molecule has 1 aliphatic rings. The number of carbonyl (C=O) groups is 2. The van der Waals surface area contributed by atoms with Crippen LogP contribution in [0.3, 0.4) is 0 Å². The van der Waals surface area contributed by atoms with Crippen molar-refractivity contribution in [3.63, 3.8) is 0 Å². The largest absolute Gasteiger partial charge is 0.342 e. The molecule has 1 N–H and O–H groups in total. The fourth-order valence-corrected chi connectivity index (χ4v) is 2.86. The summed E-state index contributed by atoms with van der Waals surface area (Å²) in [6.45, 7) is 7.61. The summed E-state index contributed by atoms with van der Waals surface area (Å²) in [5, 5.41) is 2.74. The first-order chi connectivity index (χ1) is 8.93. The highest BCUT2D eigenvalue weighted by molar-refractivity contribution is 7.90. The van der Waals surface area contributed by atoms with Crippen molar-refractivity contribution in [2.24, 2.45) is 5.41 Å². The van der Waals surface area contributed by atoms with E-state index in [9.17, 15) is 18.0 Å². The van der Waals surface area contributed by atoms with E-state index in [-0.39, 0.29) is 29.5 Å². The van der Waals surface area contributed by atoms with Crippen LogP contribution in [0, 0.1) is 5.41 Å². The van der Waals surface area contributed by atoms with Crippen molar-refractivity contribution < 1.29 is 18.0 Å². The molecule has 116 valence electrons. The number of amides is 2. The van der Waals surface area contributed by atoms with Gasteiger partial charge in [-0.05, 0) is 18.8 Å². The van der Waals surface area contributed by atoms with Gasteiger partial charge in [0, 0.05) is 12.8 Å².